The van der Waals surface area contributed by atoms with Gasteiger partial charge >= 0.3 is 0 Å². The smallest absolute Gasteiger partial charge is 0.116 e. The molecule has 0 aliphatic carbocycles. The van der Waals surface area contributed by atoms with Crippen LogP contribution in [0.25, 0.3) is 11.1 Å². The van der Waals surface area contributed by atoms with Crippen molar-refractivity contribution in [2.75, 3.05) is 25.0 Å². The van der Waals surface area contributed by atoms with Gasteiger partial charge < -0.3 is 10.6 Å². The fourth-order valence-electron chi connectivity index (χ4n) is 2.05. The van der Waals surface area contributed by atoms with Crippen molar-refractivity contribution >= 4 is 22.9 Å². The van der Waals surface area contributed by atoms with Gasteiger partial charge in [0.2, 0.25) is 0 Å². The summed E-state index contributed by atoms with van der Waals surface area (Å²) >= 11 is 1.72. The van der Waals surface area contributed by atoms with Gasteiger partial charge in [0.05, 0.1) is 13.1 Å². The summed E-state index contributed by atoms with van der Waals surface area (Å²) in [6.45, 7) is 2.62. The van der Waals surface area contributed by atoms with Crippen molar-refractivity contribution in [3.63, 3.8) is 0 Å². The number of thiophene rings is 1. The van der Waals surface area contributed by atoms with E-state index in [0.29, 0.717) is 0 Å². The zero-order chi connectivity index (χ0) is 12.2. The third-order valence-corrected chi connectivity index (χ3v) is 3.63. The summed E-state index contributed by atoms with van der Waals surface area (Å²) in [6.07, 6.45) is 0. The number of amidine groups is 1. The van der Waals surface area contributed by atoms with Gasteiger partial charge in [-0.1, -0.05) is 18.2 Å². The third kappa shape index (κ3) is 2.38. The Morgan fingerprint density at radius 1 is 1.28 bits per heavy atom. The first-order chi connectivity index (χ1) is 8.93. The predicted octanol–water partition coefficient (Wildman–Crippen LogP) is 2.83. The van der Waals surface area contributed by atoms with Crippen LogP contribution in [0.2, 0.25) is 0 Å². The molecule has 3 rings (SSSR count). The molecule has 0 radical (unpaired) electrons. The molecule has 1 aromatic carbocycles. The maximum absolute atomic E-state index is 4.39. The van der Waals surface area contributed by atoms with E-state index in [4.69, 9.17) is 0 Å². The molecular formula is C14H15N3S. The monoisotopic (exact) mass is 257 g/mol. The molecule has 18 heavy (non-hydrogen) atoms. The molecule has 0 bridgehead atoms. The summed E-state index contributed by atoms with van der Waals surface area (Å²) < 4.78 is 0. The summed E-state index contributed by atoms with van der Waals surface area (Å²) in [7, 11) is 0. The third-order valence-electron chi connectivity index (χ3n) is 2.95. The molecule has 0 amide bonds. The molecule has 2 N–H and O–H groups in total. The van der Waals surface area contributed by atoms with E-state index in [1.807, 2.05) is 0 Å². The fraction of sp³-hybridized carbons (Fsp3) is 0.214. The van der Waals surface area contributed by atoms with Crippen LogP contribution in [0.15, 0.2) is 46.1 Å². The van der Waals surface area contributed by atoms with Gasteiger partial charge in [-0.05, 0) is 28.5 Å². The molecule has 2 heterocycles. The van der Waals surface area contributed by atoms with E-state index in [1.54, 1.807) is 11.3 Å². The summed E-state index contributed by atoms with van der Waals surface area (Å²) in [5.74, 6) is 1.05. The number of hydrogen-bond donors (Lipinski definition) is 2. The van der Waals surface area contributed by atoms with Gasteiger partial charge in [-0.2, -0.15) is 11.3 Å². The second kappa shape index (κ2) is 5.23. The van der Waals surface area contributed by atoms with Crippen LogP contribution in [0.4, 0.5) is 5.69 Å². The molecule has 0 unspecified atom stereocenters. The highest BCUT2D eigenvalue weighted by Crippen LogP contribution is 2.29. The summed E-state index contributed by atoms with van der Waals surface area (Å²) in [5.41, 5.74) is 3.68. The van der Waals surface area contributed by atoms with Crippen molar-refractivity contribution < 1.29 is 0 Å². The number of aliphatic imine (C=N–C) groups is 1. The van der Waals surface area contributed by atoms with Crippen molar-refractivity contribution in [2.45, 2.75) is 0 Å². The minimum Gasteiger partial charge on any atom is -0.377 e. The van der Waals surface area contributed by atoms with Gasteiger partial charge in [-0.15, -0.1) is 0 Å². The average Bonchev–Trinajstić information content (AvgIpc) is 3.10. The Morgan fingerprint density at radius 3 is 3.00 bits per heavy atom. The van der Waals surface area contributed by atoms with Crippen molar-refractivity contribution in [1.82, 2.24) is 5.32 Å². The number of rotatable bonds is 4. The van der Waals surface area contributed by atoms with Crippen LogP contribution in [-0.4, -0.2) is 25.5 Å². The first-order valence-electron chi connectivity index (χ1n) is 6.06. The van der Waals surface area contributed by atoms with Gasteiger partial charge in [0.1, 0.15) is 5.84 Å². The molecule has 0 spiro atoms. The van der Waals surface area contributed by atoms with E-state index in [2.05, 4.69) is 56.7 Å². The lowest BCUT2D eigenvalue weighted by atomic mass is 10.1. The van der Waals surface area contributed by atoms with Gasteiger partial charge in [0.25, 0.3) is 0 Å². The number of anilines is 1. The minimum atomic E-state index is 0.765. The highest BCUT2D eigenvalue weighted by Gasteiger charge is 2.07. The van der Waals surface area contributed by atoms with Gasteiger partial charge in [-0.25, -0.2) is 0 Å². The molecule has 92 valence electrons. The lowest BCUT2D eigenvalue weighted by Crippen LogP contribution is -2.26. The quantitative estimate of drug-likeness (QED) is 0.883. The molecule has 0 saturated heterocycles. The second-order valence-electron chi connectivity index (χ2n) is 4.17. The van der Waals surface area contributed by atoms with E-state index in [1.165, 1.54) is 11.1 Å². The Morgan fingerprint density at radius 2 is 2.22 bits per heavy atom. The van der Waals surface area contributed by atoms with Crippen LogP contribution in [-0.2, 0) is 0 Å². The van der Waals surface area contributed by atoms with Crippen LogP contribution in [0.1, 0.15) is 0 Å². The van der Waals surface area contributed by atoms with Crippen LogP contribution >= 0.6 is 11.3 Å². The normalized spacial score (nSPS) is 14.1. The maximum Gasteiger partial charge on any atom is 0.116 e. The topological polar surface area (TPSA) is 36.4 Å². The largest absolute Gasteiger partial charge is 0.377 e. The van der Waals surface area contributed by atoms with Crippen molar-refractivity contribution in [1.29, 1.82) is 0 Å². The molecule has 2 aromatic rings. The number of para-hydroxylation sites is 1. The standard InChI is InChI=1S/C14H15N3S/c1-2-4-13(17-9-14-15-6-7-16-14)12(3-1)11-5-8-18-10-11/h1-5,8,10,17H,6-7,9H2,(H,15,16). The average molecular weight is 257 g/mol. The summed E-state index contributed by atoms with van der Waals surface area (Å²) in [5, 5.41) is 11.0. The highest BCUT2D eigenvalue weighted by molar-refractivity contribution is 7.08. The SMILES string of the molecule is c1ccc(-c2ccsc2)c(NCC2=NCCN2)c1. The van der Waals surface area contributed by atoms with E-state index in [-0.39, 0.29) is 0 Å². The fourth-order valence-corrected chi connectivity index (χ4v) is 2.71. The Bertz CT molecular complexity index is 546. The number of nitrogens with zero attached hydrogens (tertiary/aromatic N) is 1. The number of nitrogens with one attached hydrogen (secondary N) is 2. The van der Waals surface area contributed by atoms with Crippen LogP contribution < -0.4 is 10.6 Å². The van der Waals surface area contributed by atoms with Crippen LogP contribution in [0.5, 0.6) is 0 Å². The molecular weight excluding hydrogens is 242 g/mol. The van der Waals surface area contributed by atoms with Crippen LogP contribution in [0, 0.1) is 0 Å². The zero-order valence-electron chi connectivity index (χ0n) is 10.0. The van der Waals surface area contributed by atoms with Gasteiger partial charge in [0.15, 0.2) is 0 Å². The molecule has 0 atom stereocenters. The Hall–Kier alpha value is -1.81. The number of hydrogen-bond acceptors (Lipinski definition) is 4. The van der Waals surface area contributed by atoms with E-state index >= 15 is 0 Å². The molecule has 1 aromatic heterocycles. The first kappa shape index (κ1) is 11.3. The van der Waals surface area contributed by atoms with E-state index in [9.17, 15) is 0 Å². The first-order valence-corrected chi connectivity index (χ1v) is 7.00. The molecule has 0 fully saturated rings. The second-order valence-corrected chi connectivity index (χ2v) is 4.95. The number of benzene rings is 1. The van der Waals surface area contributed by atoms with Crippen molar-refractivity contribution in [2.24, 2.45) is 4.99 Å². The predicted molar refractivity (Wildman–Crippen MR) is 78.5 cm³/mol. The van der Waals surface area contributed by atoms with E-state index in [0.717, 1.165) is 31.2 Å². The van der Waals surface area contributed by atoms with Crippen molar-refractivity contribution in [3.05, 3.63) is 41.1 Å². The highest BCUT2D eigenvalue weighted by atomic mass is 32.1. The molecule has 0 saturated carbocycles. The lowest BCUT2D eigenvalue weighted by molar-refractivity contribution is 0.956. The van der Waals surface area contributed by atoms with Crippen LogP contribution in [0.3, 0.4) is 0 Å². The van der Waals surface area contributed by atoms with Gasteiger partial charge in [-0.3, -0.25) is 4.99 Å². The minimum absolute atomic E-state index is 0.765. The maximum atomic E-state index is 4.39. The Kier molecular flexibility index (Phi) is 3.28. The summed E-state index contributed by atoms with van der Waals surface area (Å²) in [4.78, 5) is 4.39. The molecule has 3 nitrogen and oxygen atoms in total. The van der Waals surface area contributed by atoms with E-state index < -0.39 is 0 Å². The Balaban J connectivity index is 1.79. The molecule has 1 aliphatic heterocycles. The van der Waals surface area contributed by atoms with Crippen molar-refractivity contribution in [3.8, 4) is 11.1 Å². The Labute approximate surface area is 111 Å². The van der Waals surface area contributed by atoms with Gasteiger partial charge in [0, 0.05) is 17.8 Å². The lowest BCUT2D eigenvalue weighted by Gasteiger charge is -2.11. The summed E-state index contributed by atoms with van der Waals surface area (Å²) in [6, 6.07) is 10.5. The molecule has 1 aliphatic rings. The molecule has 4 heteroatoms. The zero-order valence-corrected chi connectivity index (χ0v) is 10.8.